The van der Waals surface area contributed by atoms with E-state index in [9.17, 15) is 14.4 Å². The molecule has 0 saturated heterocycles. The van der Waals surface area contributed by atoms with Gasteiger partial charge in [0.05, 0.1) is 11.4 Å². The van der Waals surface area contributed by atoms with E-state index in [0.29, 0.717) is 46.2 Å². The molecule has 1 N–H and O–H groups in total. The first-order chi connectivity index (χ1) is 13.8. The number of hydrogen-bond acceptors (Lipinski definition) is 6. The molecule has 0 atom stereocenters. The number of carbonyl (C=O) groups excluding carboxylic acids is 2. The second-order valence-corrected chi connectivity index (χ2v) is 7.46. The number of thioether (sulfide) groups is 1. The number of benzene rings is 1. The average Bonchev–Trinajstić information content (AvgIpc) is 3.03. The maximum atomic E-state index is 12.9. The van der Waals surface area contributed by atoms with Gasteiger partial charge >= 0.3 is 0 Å². The Morgan fingerprint density at radius 1 is 1.14 bits per heavy atom. The Balaban J connectivity index is 1.79. The van der Waals surface area contributed by atoms with Crippen LogP contribution < -0.4 is 10.9 Å². The Morgan fingerprint density at radius 3 is 2.41 bits per heavy atom. The van der Waals surface area contributed by atoms with Gasteiger partial charge in [-0.15, -0.1) is 0 Å². The number of amides is 1. The molecule has 0 aliphatic carbocycles. The van der Waals surface area contributed by atoms with Crippen molar-refractivity contribution in [2.24, 2.45) is 0 Å². The molecule has 0 fully saturated rings. The number of aromatic nitrogens is 4. The summed E-state index contributed by atoms with van der Waals surface area (Å²) in [4.78, 5) is 41.2. The molecule has 8 nitrogen and oxygen atoms in total. The highest BCUT2D eigenvalue weighted by Crippen LogP contribution is 2.20. The number of fused-ring (bicyclic) bond motifs is 1. The van der Waals surface area contributed by atoms with Gasteiger partial charge in [0.1, 0.15) is 5.52 Å². The molecule has 1 amide bonds. The van der Waals surface area contributed by atoms with Gasteiger partial charge in [-0.2, -0.15) is 5.10 Å². The van der Waals surface area contributed by atoms with Crippen LogP contribution in [0.4, 0.5) is 5.69 Å². The molecular weight excluding hydrogens is 390 g/mol. The zero-order valence-electron chi connectivity index (χ0n) is 16.9. The van der Waals surface area contributed by atoms with E-state index in [2.05, 4.69) is 15.4 Å². The number of ketones is 1. The van der Waals surface area contributed by atoms with E-state index in [1.165, 1.54) is 18.7 Å². The van der Waals surface area contributed by atoms with Gasteiger partial charge in [0.25, 0.3) is 5.56 Å². The molecule has 0 radical (unpaired) electrons. The van der Waals surface area contributed by atoms with E-state index in [1.807, 2.05) is 20.8 Å². The Bertz CT molecular complexity index is 1130. The van der Waals surface area contributed by atoms with Crippen molar-refractivity contribution >= 4 is 40.2 Å². The maximum Gasteiger partial charge on any atom is 0.280 e. The number of nitrogens with zero attached hydrogens (tertiary/aromatic N) is 4. The molecule has 1 aromatic carbocycles. The molecule has 0 aliphatic rings. The fourth-order valence-electron chi connectivity index (χ4n) is 3.02. The van der Waals surface area contributed by atoms with Crippen molar-refractivity contribution in [3.63, 3.8) is 0 Å². The highest BCUT2D eigenvalue weighted by Gasteiger charge is 2.18. The SMILES string of the molecule is CCn1c(SCC(=O)Nc2ccc(C(C)=O)cc2)nc2c(C)nn(CC)c2c1=O. The lowest BCUT2D eigenvalue weighted by Gasteiger charge is -2.11. The topological polar surface area (TPSA) is 98.9 Å². The van der Waals surface area contributed by atoms with Crippen molar-refractivity contribution in [1.29, 1.82) is 0 Å². The Labute approximate surface area is 172 Å². The molecule has 0 unspecified atom stereocenters. The van der Waals surface area contributed by atoms with Gasteiger partial charge in [-0.3, -0.25) is 23.6 Å². The van der Waals surface area contributed by atoms with Crippen molar-refractivity contribution in [2.75, 3.05) is 11.1 Å². The van der Waals surface area contributed by atoms with Crippen LogP contribution in [0.1, 0.15) is 36.8 Å². The Kier molecular flexibility index (Phi) is 6.17. The molecule has 0 saturated carbocycles. The van der Waals surface area contributed by atoms with E-state index >= 15 is 0 Å². The van der Waals surface area contributed by atoms with Crippen molar-refractivity contribution in [3.05, 3.63) is 45.9 Å². The van der Waals surface area contributed by atoms with Crippen LogP contribution in [0.5, 0.6) is 0 Å². The van der Waals surface area contributed by atoms with Crippen LogP contribution >= 0.6 is 11.8 Å². The summed E-state index contributed by atoms with van der Waals surface area (Å²) in [6.45, 7) is 8.15. The Morgan fingerprint density at radius 2 is 1.83 bits per heavy atom. The van der Waals surface area contributed by atoms with Crippen LogP contribution in [-0.2, 0) is 17.9 Å². The summed E-state index contributed by atoms with van der Waals surface area (Å²) in [5.74, 6) is -0.143. The summed E-state index contributed by atoms with van der Waals surface area (Å²) in [5.41, 5.74) is 2.80. The van der Waals surface area contributed by atoms with Gasteiger partial charge in [-0.1, -0.05) is 11.8 Å². The highest BCUT2D eigenvalue weighted by atomic mass is 32.2. The maximum absolute atomic E-state index is 12.9. The minimum Gasteiger partial charge on any atom is -0.325 e. The molecule has 3 rings (SSSR count). The summed E-state index contributed by atoms with van der Waals surface area (Å²) in [5, 5.41) is 7.67. The van der Waals surface area contributed by atoms with Crippen LogP contribution in [0.25, 0.3) is 11.0 Å². The fourth-order valence-corrected chi connectivity index (χ4v) is 3.88. The zero-order valence-corrected chi connectivity index (χ0v) is 17.7. The first-order valence-electron chi connectivity index (χ1n) is 9.37. The van der Waals surface area contributed by atoms with E-state index in [0.717, 1.165) is 0 Å². The second-order valence-electron chi connectivity index (χ2n) is 6.51. The minimum atomic E-state index is -0.219. The van der Waals surface area contributed by atoms with E-state index in [-0.39, 0.29) is 23.0 Å². The molecule has 0 spiro atoms. The van der Waals surface area contributed by atoms with Crippen LogP contribution in [0.15, 0.2) is 34.2 Å². The lowest BCUT2D eigenvalue weighted by Crippen LogP contribution is -2.25. The lowest BCUT2D eigenvalue weighted by molar-refractivity contribution is -0.113. The van der Waals surface area contributed by atoms with Crippen LogP contribution in [0.3, 0.4) is 0 Å². The van der Waals surface area contributed by atoms with Gasteiger partial charge in [0, 0.05) is 24.3 Å². The van der Waals surface area contributed by atoms with Gasteiger partial charge in [0.2, 0.25) is 5.91 Å². The first-order valence-corrected chi connectivity index (χ1v) is 10.4. The number of nitrogens with one attached hydrogen (secondary N) is 1. The van der Waals surface area contributed by atoms with Crippen LogP contribution in [0.2, 0.25) is 0 Å². The number of aryl methyl sites for hydroxylation is 2. The number of hydrogen-bond donors (Lipinski definition) is 1. The molecule has 29 heavy (non-hydrogen) atoms. The highest BCUT2D eigenvalue weighted by molar-refractivity contribution is 7.99. The summed E-state index contributed by atoms with van der Waals surface area (Å²) in [6.07, 6.45) is 0. The lowest BCUT2D eigenvalue weighted by atomic mass is 10.1. The fraction of sp³-hybridized carbons (Fsp3) is 0.350. The molecular formula is C20H23N5O3S. The summed E-state index contributed by atoms with van der Waals surface area (Å²) >= 11 is 1.21. The number of rotatable bonds is 7. The van der Waals surface area contributed by atoms with Gasteiger partial charge in [-0.05, 0) is 52.0 Å². The molecule has 2 aromatic heterocycles. The third kappa shape index (κ3) is 4.24. The zero-order chi connectivity index (χ0) is 21.1. The van der Waals surface area contributed by atoms with E-state index in [4.69, 9.17) is 0 Å². The number of carbonyl (C=O) groups is 2. The molecule has 0 bridgehead atoms. The molecule has 152 valence electrons. The summed E-state index contributed by atoms with van der Waals surface area (Å²) < 4.78 is 3.23. The summed E-state index contributed by atoms with van der Waals surface area (Å²) in [6, 6.07) is 6.72. The molecule has 0 aliphatic heterocycles. The number of Topliss-reactive ketones (excluding diaryl/α,β-unsaturated/α-hetero) is 1. The third-order valence-corrected chi connectivity index (χ3v) is 5.48. The number of anilines is 1. The van der Waals surface area contributed by atoms with Crippen molar-refractivity contribution in [3.8, 4) is 0 Å². The smallest absolute Gasteiger partial charge is 0.280 e. The van der Waals surface area contributed by atoms with Crippen LogP contribution in [-0.4, -0.2) is 36.8 Å². The predicted molar refractivity (Wildman–Crippen MR) is 114 cm³/mol. The van der Waals surface area contributed by atoms with Gasteiger partial charge in [-0.25, -0.2) is 4.98 Å². The van der Waals surface area contributed by atoms with Gasteiger partial charge < -0.3 is 5.32 Å². The normalized spacial score (nSPS) is 11.0. The predicted octanol–water partition coefficient (Wildman–Crippen LogP) is 2.87. The minimum absolute atomic E-state index is 0.0286. The van der Waals surface area contributed by atoms with Crippen molar-refractivity contribution in [2.45, 2.75) is 45.9 Å². The molecule has 3 aromatic rings. The standard InChI is InChI=1S/C20H23N5O3S/c1-5-24-19(28)18-17(12(3)23-25(18)6-2)22-20(24)29-11-16(27)21-15-9-7-14(8-10-15)13(4)26/h7-10H,5-6,11H2,1-4H3,(H,21,27). The second kappa shape index (κ2) is 8.60. The largest absolute Gasteiger partial charge is 0.325 e. The quantitative estimate of drug-likeness (QED) is 0.363. The first kappa shape index (κ1) is 20.8. The average molecular weight is 414 g/mol. The van der Waals surface area contributed by atoms with E-state index in [1.54, 1.807) is 33.5 Å². The third-order valence-electron chi connectivity index (χ3n) is 4.51. The monoisotopic (exact) mass is 413 g/mol. The van der Waals surface area contributed by atoms with Crippen LogP contribution in [0, 0.1) is 6.92 Å². The summed E-state index contributed by atoms with van der Waals surface area (Å²) in [7, 11) is 0. The molecule has 2 heterocycles. The van der Waals surface area contributed by atoms with E-state index < -0.39 is 0 Å². The van der Waals surface area contributed by atoms with Crippen molar-refractivity contribution < 1.29 is 9.59 Å². The Hall–Kier alpha value is -2.94. The van der Waals surface area contributed by atoms with Gasteiger partial charge in [0.15, 0.2) is 16.5 Å². The molecule has 9 heteroatoms. The van der Waals surface area contributed by atoms with Crippen molar-refractivity contribution in [1.82, 2.24) is 19.3 Å².